The Hall–Kier alpha value is -1.10. The fourth-order valence-corrected chi connectivity index (χ4v) is 1.03. The number of halogens is 4. The van der Waals surface area contributed by atoms with Crippen LogP contribution in [0.1, 0.15) is 17.2 Å². The Morgan fingerprint density at radius 1 is 1.29 bits per heavy atom. The molecule has 14 heavy (non-hydrogen) atoms. The summed E-state index contributed by atoms with van der Waals surface area (Å²) in [7, 11) is 0. The Balaban J connectivity index is 3.01. The van der Waals surface area contributed by atoms with Gasteiger partial charge in [-0.1, -0.05) is 12.1 Å². The van der Waals surface area contributed by atoms with Gasteiger partial charge in [-0.25, -0.2) is 4.39 Å². The van der Waals surface area contributed by atoms with Crippen LogP contribution in [0, 0.1) is 0 Å². The zero-order valence-corrected chi connectivity index (χ0v) is 7.18. The summed E-state index contributed by atoms with van der Waals surface area (Å²) in [5, 5.41) is 0. The molecule has 78 valence electrons. The number of benzene rings is 1. The standard InChI is InChI=1S/C9H9F4N/c10-5-8(14)6-2-1-3-7(4-6)9(11,12)13/h1-4,8H,5,14H2/t8-/m1/s1. The van der Waals surface area contributed by atoms with Gasteiger partial charge in [0.25, 0.3) is 0 Å². The van der Waals surface area contributed by atoms with Crippen LogP contribution in [0.4, 0.5) is 17.6 Å². The van der Waals surface area contributed by atoms with Crippen LogP contribution in [0.5, 0.6) is 0 Å². The quantitative estimate of drug-likeness (QED) is 0.741. The maximum atomic E-state index is 12.2. The highest BCUT2D eigenvalue weighted by molar-refractivity contribution is 5.27. The van der Waals surface area contributed by atoms with Crippen molar-refractivity contribution < 1.29 is 17.6 Å². The van der Waals surface area contributed by atoms with Crippen LogP contribution >= 0.6 is 0 Å². The normalized spacial score (nSPS) is 14.1. The maximum Gasteiger partial charge on any atom is 0.416 e. The Morgan fingerprint density at radius 3 is 2.43 bits per heavy atom. The van der Waals surface area contributed by atoms with Crippen LogP contribution < -0.4 is 5.73 Å². The van der Waals surface area contributed by atoms with Gasteiger partial charge in [0.05, 0.1) is 11.6 Å². The maximum absolute atomic E-state index is 12.2. The summed E-state index contributed by atoms with van der Waals surface area (Å²) in [6.45, 7) is -0.874. The molecule has 0 aliphatic heterocycles. The number of rotatable bonds is 2. The first-order chi connectivity index (χ1) is 6.45. The molecule has 1 aromatic rings. The molecule has 1 rings (SSSR count). The highest BCUT2D eigenvalue weighted by atomic mass is 19.4. The Labute approximate surface area is 78.5 Å². The van der Waals surface area contributed by atoms with Crippen molar-refractivity contribution in [2.45, 2.75) is 12.2 Å². The van der Waals surface area contributed by atoms with E-state index in [1.165, 1.54) is 12.1 Å². The highest BCUT2D eigenvalue weighted by Gasteiger charge is 2.30. The molecule has 5 heteroatoms. The smallest absolute Gasteiger partial charge is 0.322 e. The third kappa shape index (κ3) is 2.45. The summed E-state index contributed by atoms with van der Waals surface area (Å²) in [6, 6.07) is 3.39. The summed E-state index contributed by atoms with van der Waals surface area (Å²) < 4.78 is 48.7. The average molecular weight is 207 g/mol. The van der Waals surface area contributed by atoms with Gasteiger partial charge in [-0.05, 0) is 17.7 Å². The molecule has 0 bridgehead atoms. The SMILES string of the molecule is N[C@H](CF)c1cccc(C(F)(F)F)c1. The van der Waals surface area contributed by atoms with Gasteiger partial charge in [0, 0.05) is 0 Å². The molecule has 0 radical (unpaired) electrons. The van der Waals surface area contributed by atoms with Gasteiger partial charge in [0.2, 0.25) is 0 Å². The molecule has 0 spiro atoms. The van der Waals surface area contributed by atoms with Crippen LogP contribution in [-0.4, -0.2) is 6.67 Å². The predicted octanol–water partition coefficient (Wildman–Crippen LogP) is 2.67. The minimum atomic E-state index is -4.41. The van der Waals surface area contributed by atoms with Crippen molar-refractivity contribution in [2.24, 2.45) is 5.73 Å². The Kier molecular flexibility index (Phi) is 3.10. The zero-order chi connectivity index (χ0) is 10.8. The van der Waals surface area contributed by atoms with Gasteiger partial charge >= 0.3 is 6.18 Å². The lowest BCUT2D eigenvalue weighted by molar-refractivity contribution is -0.137. The van der Waals surface area contributed by atoms with E-state index >= 15 is 0 Å². The number of alkyl halides is 4. The molecular weight excluding hydrogens is 198 g/mol. The molecule has 1 nitrogen and oxygen atoms in total. The zero-order valence-electron chi connectivity index (χ0n) is 7.18. The second-order valence-corrected chi connectivity index (χ2v) is 2.88. The van der Waals surface area contributed by atoms with E-state index in [9.17, 15) is 17.6 Å². The lowest BCUT2D eigenvalue weighted by Crippen LogP contribution is -2.14. The summed E-state index contributed by atoms with van der Waals surface area (Å²) >= 11 is 0. The molecule has 0 unspecified atom stereocenters. The van der Waals surface area contributed by atoms with E-state index in [0.717, 1.165) is 12.1 Å². The Morgan fingerprint density at radius 2 is 1.93 bits per heavy atom. The fraction of sp³-hybridized carbons (Fsp3) is 0.333. The third-order valence-corrected chi connectivity index (χ3v) is 1.81. The first-order valence-electron chi connectivity index (χ1n) is 3.94. The minimum Gasteiger partial charge on any atom is -0.322 e. The van der Waals surface area contributed by atoms with E-state index < -0.39 is 24.5 Å². The topological polar surface area (TPSA) is 26.0 Å². The second kappa shape index (κ2) is 3.96. The molecule has 0 heterocycles. The number of hydrogen-bond acceptors (Lipinski definition) is 1. The van der Waals surface area contributed by atoms with E-state index in [-0.39, 0.29) is 5.56 Å². The molecule has 2 N–H and O–H groups in total. The van der Waals surface area contributed by atoms with Crippen LogP contribution in [-0.2, 0) is 6.18 Å². The number of hydrogen-bond donors (Lipinski definition) is 1. The molecule has 0 saturated heterocycles. The van der Waals surface area contributed by atoms with E-state index in [4.69, 9.17) is 5.73 Å². The predicted molar refractivity (Wildman–Crippen MR) is 44.3 cm³/mol. The molecule has 0 aliphatic carbocycles. The van der Waals surface area contributed by atoms with E-state index in [2.05, 4.69) is 0 Å². The Bertz CT molecular complexity index is 308. The second-order valence-electron chi connectivity index (χ2n) is 2.88. The highest BCUT2D eigenvalue weighted by Crippen LogP contribution is 2.30. The van der Waals surface area contributed by atoms with Gasteiger partial charge in [-0.3, -0.25) is 0 Å². The van der Waals surface area contributed by atoms with Crippen LogP contribution in [0.25, 0.3) is 0 Å². The fourth-order valence-electron chi connectivity index (χ4n) is 1.03. The van der Waals surface area contributed by atoms with E-state index in [1.54, 1.807) is 0 Å². The summed E-state index contributed by atoms with van der Waals surface area (Å²) in [5.74, 6) is 0. The third-order valence-electron chi connectivity index (χ3n) is 1.81. The average Bonchev–Trinajstić information content (AvgIpc) is 2.15. The van der Waals surface area contributed by atoms with Crippen molar-refractivity contribution in [1.29, 1.82) is 0 Å². The molecule has 0 fully saturated rings. The molecule has 0 saturated carbocycles. The molecule has 0 aliphatic rings. The molecule has 1 atom stereocenters. The van der Waals surface area contributed by atoms with Gasteiger partial charge in [-0.2, -0.15) is 13.2 Å². The van der Waals surface area contributed by atoms with Crippen molar-refractivity contribution >= 4 is 0 Å². The van der Waals surface area contributed by atoms with Crippen molar-refractivity contribution in [1.82, 2.24) is 0 Å². The van der Waals surface area contributed by atoms with Crippen LogP contribution in [0.2, 0.25) is 0 Å². The first kappa shape index (κ1) is 11.0. The van der Waals surface area contributed by atoms with E-state index in [0.29, 0.717) is 0 Å². The van der Waals surface area contributed by atoms with Gasteiger partial charge in [0.1, 0.15) is 6.67 Å². The minimum absolute atomic E-state index is 0.155. The first-order valence-corrected chi connectivity index (χ1v) is 3.94. The number of nitrogens with two attached hydrogens (primary N) is 1. The molecule has 0 aromatic heterocycles. The largest absolute Gasteiger partial charge is 0.416 e. The molecule has 0 amide bonds. The monoisotopic (exact) mass is 207 g/mol. The van der Waals surface area contributed by atoms with Crippen molar-refractivity contribution in [3.05, 3.63) is 35.4 Å². The lowest BCUT2D eigenvalue weighted by Gasteiger charge is -2.11. The van der Waals surface area contributed by atoms with Gasteiger partial charge < -0.3 is 5.73 Å². The van der Waals surface area contributed by atoms with Crippen molar-refractivity contribution in [3.63, 3.8) is 0 Å². The van der Waals surface area contributed by atoms with E-state index in [1.807, 2.05) is 0 Å². The van der Waals surface area contributed by atoms with Crippen molar-refractivity contribution in [2.75, 3.05) is 6.67 Å². The van der Waals surface area contributed by atoms with Gasteiger partial charge in [-0.15, -0.1) is 0 Å². The molecular formula is C9H9F4N. The van der Waals surface area contributed by atoms with Crippen molar-refractivity contribution in [3.8, 4) is 0 Å². The van der Waals surface area contributed by atoms with Gasteiger partial charge in [0.15, 0.2) is 0 Å². The summed E-state index contributed by atoms with van der Waals surface area (Å²) in [5.41, 5.74) is 4.61. The molecule has 1 aromatic carbocycles. The van der Waals surface area contributed by atoms with Crippen LogP contribution in [0.15, 0.2) is 24.3 Å². The summed E-state index contributed by atoms with van der Waals surface area (Å²) in [4.78, 5) is 0. The lowest BCUT2D eigenvalue weighted by atomic mass is 10.1. The van der Waals surface area contributed by atoms with Crippen LogP contribution in [0.3, 0.4) is 0 Å². The summed E-state index contributed by atoms with van der Waals surface area (Å²) in [6.07, 6.45) is -4.41.